The molecule has 1 aliphatic rings. The first kappa shape index (κ1) is 21.6. The van der Waals surface area contributed by atoms with Gasteiger partial charge in [0, 0.05) is 35.5 Å². The van der Waals surface area contributed by atoms with E-state index in [-0.39, 0.29) is 5.91 Å². The number of ether oxygens (including phenoxy) is 2. The average molecular weight is 431 g/mol. The first-order valence-corrected chi connectivity index (χ1v) is 10.6. The Kier molecular flexibility index (Phi) is 5.95. The van der Waals surface area contributed by atoms with Crippen LogP contribution in [0.25, 0.3) is 11.1 Å². The van der Waals surface area contributed by atoms with E-state index in [1.807, 2.05) is 42.5 Å². The molecule has 2 aromatic carbocycles. The van der Waals surface area contributed by atoms with E-state index >= 15 is 0 Å². The van der Waals surface area contributed by atoms with Crippen LogP contribution in [0.5, 0.6) is 5.75 Å². The molecule has 6 nitrogen and oxygen atoms in total. The molecule has 0 radical (unpaired) electrons. The fraction of sp³-hybridized carbons (Fsp3) is 0.269. The molecule has 0 spiro atoms. The van der Waals surface area contributed by atoms with Crippen molar-refractivity contribution in [1.29, 1.82) is 0 Å². The molecule has 1 aliphatic heterocycles. The number of carbonyl (C=O) groups excluding carboxylic acids is 2. The summed E-state index contributed by atoms with van der Waals surface area (Å²) in [6, 6.07) is 16.0. The molecule has 1 N–H and O–H groups in total. The zero-order valence-electron chi connectivity index (χ0n) is 18.4. The Hall–Kier alpha value is -3.67. The van der Waals surface area contributed by atoms with Crippen LogP contribution < -0.4 is 10.1 Å². The molecule has 164 valence electrons. The normalized spacial score (nSPS) is 13.2. The van der Waals surface area contributed by atoms with E-state index in [0.29, 0.717) is 24.3 Å². The molecular formula is C26H26N2O4. The Bertz CT molecular complexity index is 1140. The number of nitrogens with zero attached hydrogens (tertiary/aromatic N) is 1. The molecule has 1 unspecified atom stereocenters. The van der Waals surface area contributed by atoms with Crippen LogP contribution in [0.1, 0.15) is 42.3 Å². The fourth-order valence-electron chi connectivity index (χ4n) is 3.62. The van der Waals surface area contributed by atoms with Gasteiger partial charge in [0.1, 0.15) is 24.0 Å². The predicted molar refractivity (Wildman–Crippen MR) is 121 cm³/mol. The minimum Gasteiger partial charge on any atom is -0.488 e. The van der Waals surface area contributed by atoms with Gasteiger partial charge in [-0.25, -0.2) is 4.79 Å². The maximum atomic E-state index is 13.1. The quantitative estimate of drug-likeness (QED) is 0.610. The number of rotatable bonds is 5. The lowest BCUT2D eigenvalue weighted by atomic mass is 9.97. The van der Waals surface area contributed by atoms with E-state index in [4.69, 9.17) is 9.47 Å². The van der Waals surface area contributed by atoms with Crippen molar-refractivity contribution >= 4 is 11.9 Å². The number of pyridine rings is 1. The number of aromatic nitrogens is 1. The van der Waals surface area contributed by atoms with Crippen molar-refractivity contribution in [3.8, 4) is 16.9 Å². The number of esters is 1. The topological polar surface area (TPSA) is 77.5 Å². The van der Waals surface area contributed by atoms with Gasteiger partial charge >= 0.3 is 5.97 Å². The average Bonchev–Trinajstić information content (AvgIpc) is 2.77. The van der Waals surface area contributed by atoms with Gasteiger partial charge < -0.3 is 14.8 Å². The zero-order chi connectivity index (χ0) is 22.7. The van der Waals surface area contributed by atoms with Crippen molar-refractivity contribution in [3.05, 3.63) is 83.7 Å². The Labute approximate surface area is 187 Å². The molecule has 0 fully saturated rings. The number of fused-ring (bicyclic) bond motifs is 3. The van der Waals surface area contributed by atoms with E-state index in [1.54, 1.807) is 45.3 Å². The van der Waals surface area contributed by atoms with Crippen LogP contribution in [0.2, 0.25) is 0 Å². The number of hydrogen-bond acceptors (Lipinski definition) is 5. The van der Waals surface area contributed by atoms with Crippen molar-refractivity contribution < 1.29 is 19.1 Å². The lowest BCUT2D eigenvalue weighted by Crippen LogP contribution is -2.45. The lowest BCUT2D eigenvalue weighted by Gasteiger charge is -2.25. The fourth-order valence-corrected chi connectivity index (χ4v) is 3.62. The predicted octanol–water partition coefficient (Wildman–Crippen LogP) is 4.32. The van der Waals surface area contributed by atoms with E-state index in [9.17, 15) is 9.59 Å². The molecule has 4 rings (SSSR count). The van der Waals surface area contributed by atoms with Gasteiger partial charge in [0.15, 0.2) is 0 Å². The smallest absolute Gasteiger partial charge is 0.329 e. The van der Waals surface area contributed by atoms with Gasteiger partial charge in [-0.1, -0.05) is 30.3 Å². The van der Waals surface area contributed by atoms with Gasteiger partial charge in [-0.05, 0) is 56.2 Å². The van der Waals surface area contributed by atoms with Crippen molar-refractivity contribution in [2.75, 3.05) is 0 Å². The number of amides is 1. The Morgan fingerprint density at radius 1 is 1.09 bits per heavy atom. The highest BCUT2D eigenvalue weighted by molar-refractivity contribution is 5.98. The highest BCUT2D eigenvalue weighted by Crippen LogP contribution is 2.37. The third-order valence-electron chi connectivity index (χ3n) is 5.10. The van der Waals surface area contributed by atoms with Crippen molar-refractivity contribution in [2.24, 2.45) is 0 Å². The number of nitrogens with one attached hydrogen (secondary N) is 1. The van der Waals surface area contributed by atoms with Gasteiger partial charge in [0.25, 0.3) is 5.91 Å². The van der Waals surface area contributed by atoms with E-state index in [1.165, 1.54) is 0 Å². The van der Waals surface area contributed by atoms with E-state index < -0.39 is 17.6 Å². The Morgan fingerprint density at radius 3 is 2.62 bits per heavy atom. The Balaban J connectivity index is 1.56. The first-order valence-electron chi connectivity index (χ1n) is 10.6. The molecule has 32 heavy (non-hydrogen) atoms. The molecule has 0 aliphatic carbocycles. The molecule has 1 aromatic heterocycles. The van der Waals surface area contributed by atoms with E-state index in [2.05, 4.69) is 10.3 Å². The molecule has 2 heterocycles. The molecule has 0 bridgehead atoms. The summed E-state index contributed by atoms with van der Waals surface area (Å²) in [4.78, 5) is 30.0. The maximum Gasteiger partial charge on any atom is 0.329 e. The van der Waals surface area contributed by atoms with Crippen molar-refractivity contribution in [2.45, 2.75) is 45.4 Å². The summed E-state index contributed by atoms with van der Waals surface area (Å²) in [5.74, 6) is -0.192. The second-order valence-corrected chi connectivity index (χ2v) is 8.78. The summed E-state index contributed by atoms with van der Waals surface area (Å²) in [6.45, 7) is 5.82. The molecule has 3 aromatic rings. The number of hydrogen-bond donors (Lipinski definition) is 1. The summed E-state index contributed by atoms with van der Waals surface area (Å²) in [5, 5.41) is 2.85. The van der Waals surface area contributed by atoms with Gasteiger partial charge in [-0.3, -0.25) is 9.78 Å². The number of carbonyl (C=O) groups is 2. The molecule has 6 heteroatoms. The molecule has 0 saturated carbocycles. The van der Waals surface area contributed by atoms with Gasteiger partial charge in [-0.15, -0.1) is 0 Å². The summed E-state index contributed by atoms with van der Waals surface area (Å²) in [5.41, 5.74) is 3.66. The zero-order valence-corrected chi connectivity index (χ0v) is 18.4. The minimum absolute atomic E-state index is 0.337. The SMILES string of the molecule is CC(C)(C)OC(=O)C(Cc1ccccc1)NC(=O)c1ccc2c(c1)OCc1cnccc1-2. The number of benzene rings is 2. The largest absolute Gasteiger partial charge is 0.488 e. The van der Waals surface area contributed by atoms with Crippen LogP contribution in [-0.4, -0.2) is 28.5 Å². The van der Waals surface area contributed by atoms with Crippen molar-refractivity contribution in [3.63, 3.8) is 0 Å². The van der Waals surface area contributed by atoms with Gasteiger partial charge in [0.2, 0.25) is 0 Å². The summed E-state index contributed by atoms with van der Waals surface area (Å²) in [6.07, 6.45) is 3.86. The Morgan fingerprint density at radius 2 is 1.88 bits per heavy atom. The van der Waals surface area contributed by atoms with E-state index in [0.717, 1.165) is 22.3 Å². The van der Waals surface area contributed by atoms with Crippen LogP contribution in [0, 0.1) is 0 Å². The third-order valence-corrected chi connectivity index (χ3v) is 5.10. The van der Waals surface area contributed by atoms with Crippen LogP contribution in [0.3, 0.4) is 0 Å². The minimum atomic E-state index is -0.812. The second-order valence-electron chi connectivity index (χ2n) is 8.78. The molecule has 0 saturated heterocycles. The summed E-state index contributed by atoms with van der Waals surface area (Å²) >= 11 is 0. The molecule has 1 amide bonds. The van der Waals surface area contributed by atoms with Crippen LogP contribution in [0.4, 0.5) is 0 Å². The first-order chi connectivity index (χ1) is 15.3. The summed E-state index contributed by atoms with van der Waals surface area (Å²) < 4.78 is 11.4. The monoisotopic (exact) mass is 430 g/mol. The second kappa shape index (κ2) is 8.83. The standard InChI is InChI=1S/C26H26N2O4/c1-26(2,3)32-25(30)22(13-17-7-5-4-6-8-17)28-24(29)18-9-10-21-20-11-12-27-15-19(20)16-31-23(21)14-18/h4-12,14-15,22H,13,16H2,1-3H3,(H,28,29). The highest BCUT2D eigenvalue weighted by atomic mass is 16.6. The molecule has 1 atom stereocenters. The van der Waals surface area contributed by atoms with Crippen molar-refractivity contribution in [1.82, 2.24) is 10.3 Å². The third kappa shape index (κ3) is 4.97. The van der Waals surface area contributed by atoms with Gasteiger partial charge in [0.05, 0.1) is 0 Å². The van der Waals surface area contributed by atoms with Crippen LogP contribution in [-0.2, 0) is 22.6 Å². The molecular weight excluding hydrogens is 404 g/mol. The van der Waals surface area contributed by atoms with Crippen LogP contribution in [0.15, 0.2) is 67.0 Å². The van der Waals surface area contributed by atoms with Gasteiger partial charge in [-0.2, -0.15) is 0 Å². The lowest BCUT2D eigenvalue weighted by molar-refractivity contribution is -0.157. The van der Waals surface area contributed by atoms with Crippen LogP contribution >= 0.6 is 0 Å². The summed E-state index contributed by atoms with van der Waals surface area (Å²) in [7, 11) is 0. The maximum absolute atomic E-state index is 13.1. The highest BCUT2D eigenvalue weighted by Gasteiger charge is 2.28.